The minimum atomic E-state index is -0.421. The first-order valence-electron chi connectivity index (χ1n) is 5.70. The van der Waals surface area contributed by atoms with Crippen molar-refractivity contribution in [1.82, 2.24) is 0 Å². The minimum absolute atomic E-state index is 0.176. The number of halogens is 1. The Labute approximate surface area is 94.4 Å². The molecule has 0 aliphatic heterocycles. The molecule has 0 N–H and O–H groups in total. The van der Waals surface area contributed by atoms with Gasteiger partial charge in [-0.1, -0.05) is 6.42 Å². The minimum Gasteiger partial charge on any atom is -0.490 e. The first-order chi connectivity index (χ1) is 7.78. The molecule has 0 unspecified atom stereocenters. The Hall–Kier alpha value is -1.38. The number of rotatable bonds is 3. The van der Waals surface area contributed by atoms with Gasteiger partial charge in [-0.05, 0) is 37.8 Å². The zero-order valence-electron chi connectivity index (χ0n) is 9.12. The number of carbonyl (C=O) groups is 1. The van der Waals surface area contributed by atoms with Crippen LogP contribution in [0.5, 0.6) is 5.75 Å². The molecule has 0 heterocycles. The first kappa shape index (κ1) is 11.1. The summed E-state index contributed by atoms with van der Waals surface area (Å²) in [6.45, 7) is 0. The van der Waals surface area contributed by atoms with E-state index in [4.69, 9.17) is 4.74 Å². The highest BCUT2D eigenvalue weighted by Gasteiger charge is 2.15. The summed E-state index contributed by atoms with van der Waals surface area (Å²) < 4.78 is 18.8. The van der Waals surface area contributed by atoms with Crippen LogP contribution in [0.2, 0.25) is 0 Å². The van der Waals surface area contributed by atoms with Crippen LogP contribution in [0.3, 0.4) is 0 Å². The Morgan fingerprint density at radius 1 is 1.19 bits per heavy atom. The summed E-state index contributed by atoms with van der Waals surface area (Å²) in [5.41, 5.74) is 0.325. The van der Waals surface area contributed by atoms with Crippen LogP contribution in [0.1, 0.15) is 42.5 Å². The molecule has 0 atom stereocenters. The molecular weight excluding hydrogens is 207 g/mol. The Morgan fingerprint density at radius 2 is 1.94 bits per heavy atom. The molecule has 1 aromatic rings. The Morgan fingerprint density at radius 3 is 2.62 bits per heavy atom. The van der Waals surface area contributed by atoms with E-state index in [2.05, 4.69) is 0 Å². The van der Waals surface area contributed by atoms with Crippen molar-refractivity contribution in [2.75, 3.05) is 0 Å². The van der Waals surface area contributed by atoms with Crippen molar-refractivity contribution in [3.05, 3.63) is 29.6 Å². The highest BCUT2D eigenvalue weighted by molar-refractivity contribution is 5.75. The van der Waals surface area contributed by atoms with Crippen LogP contribution in [-0.4, -0.2) is 12.4 Å². The van der Waals surface area contributed by atoms with Crippen LogP contribution >= 0.6 is 0 Å². The van der Waals surface area contributed by atoms with Crippen LogP contribution in [0.15, 0.2) is 18.2 Å². The molecule has 2 nitrogen and oxygen atoms in total. The average molecular weight is 222 g/mol. The van der Waals surface area contributed by atoms with Gasteiger partial charge < -0.3 is 4.74 Å². The van der Waals surface area contributed by atoms with E-state index in [9.17, 15) is 9.18 Å². The molecule has 2 rings (SSSR count). The quantitative estimate of drug-likeness (QED) is 0.733. The number of hydrogen-bond acceptors (Lipinski definition) is 2. The monoisotopic (exact) mass is 222 g/mol. The SMILES string of the molecule is O=Cc1cc(F)cc(OC2CCCCC2)c1. The second kappa shape index (κ2) is 5.10. The Bertz CT molecular complexity index is 370. The van der Waals surface area contributed by atoms with Gasteiger partial charge in [-0.3, -0.25) is 4.79 Å². The maximum atomic E-state index is 13.1. The van der Waals surface area contributed by atoms with Crippen LogP contribution in [0.25, 0.3) is 0 Å². The van der Waals surface area contributed by atoms with Crippen molar-refractivity contribution >= 4 is 6.29 Å². The smallest absolute Gasteiger partial charge is 0.150 e. The highest BCUT2D eigenvalue weighted by Crippen LogP contribution is 2.24. The number of ether oxygens (including phenoxy) is 1. The van der Waals surface area contributed by atoms with Crippen LogP contribution in [-0.2, 0) is 0 Å². The predicted molar refractivity (Wildman–Crippen MR) is 59.3 cm³/mol. The lowest BCUT2D eigenvalue weighted by molar-refractivity contribution is 0.112. The topological polar surface area (TPSA) is 26.3 Å². The van der Waals surface area contributed by atoms with Gasteiger partial charge in [-0.25, -0.2) is 4.39 Å². The third-order valence-electron chi connectivity index (χ3n) is 2.88. The normalized spacial score (nSPS) is 17.1. The summed E-state index contributed by atoms with van der Waals surface area (Å²) in [5.74, 6) is 0.0457. The molecule has 0 spiro atoms. The summed E-state index contributed by atoms with van der Waals surface area (Å²) >= 11 is 0. The van der Waals surface area contributed by atoms with Gasteiger partial charge >= 0.3 is 0 Å². The Kier molecular flexibility index (Phi) is 3.54. The zero-order chi connectivity index (χ0) is 11.4. The molecule has 1 saturated carbocycles. The van der Waals surface area contributed by atoms with Gasteiger partial charge in [0, 0.05) is 11.6 Å². The molecule has 0 saturated heterocycles. The molecule has 16 heavy (non-hydrogen) atoms. The number of carbonyl (C=O) groups excluding carboxylic acids is 1. The molecule has 1 aliphatic rings. The van der Waals surface area contributed by atoms with E-state index in [1.165, 1.54) is 31.4 Å². The summed E-state index contributed by atoms with van der Waals surface area (Å²) in [7, 11) is 0. The van der Waals surface area contributed by atoms with E-state index in [1.807, 2.05) is 0 Å². The number of hydrogen-bond donors (Lipinski definition) is 0. The van der Waals surface area contributed by atoms with E-state index in [-0.39, 0.29) is 6.10 Å². The second-order valence-corrected chi connectivity index (χ2v) is 4.22. The molecule has 1 fully saturated rings. The third kappa shape index (κ3) is 2.81. The molecule has 0 amide bonds. The van der Waals surface area contributed by atoms with Gasteiger partial charge in [0.25, 0.3) is 0 Å². The maximum absolute atomic E-state index is 13.1. The second-order valence-electron chi connectivity index (χ2n) is 4.22. The van der Waals surface area contributed by atoms with Crippen molar-refractivity contribution in [2.24, 2.45) is 0 Å². The first-order valence-corrected chi connectivity index (χ1v) is 5.70. The van der Waals surface area contributed by atoms with Gasteiger partial charge in [0.15, 0.2) is 0 Å². The summed E-state index contributed by atoms with van der Waals surface area (Å²) in [6.07, 6.45) is 6.44. The fourth-order valence-electron chi connectivity index (χ4n) is 2.10. The fourth-order valence-corrected chi connectivity index (χ4v) is 2.10. The van der Waals surface area contributed by atoms with Crippen molar-refractivity contribution in [1.29, 1.82) is 0 Å². The molecule has 0 bridgehead atoms. The molecule has 86 valence electrons. The van der Waals surface area contributed by atoms with Gasteiger partial charge in [-0.15, -0.1) is 0 Å². The van der Waals surface area contributed by atoms with Crippen LogP contribution in [0, 0.1) is 5.82 Å². The van der Waals surface area contributed by atoms with Crippen molar-refractivity contribution in [3.8, 4) is 5.75 Å². The van der Waals surface area contributed by atoms with Crippen molar-refractivity contribution < 1.29 is 13.9 Å². The van der Waals surface area contributed by atoms with Crippen LogP contribution < -0.4 is 4.74 Å². The van der Waals surface area contributed by atoms with E-state index >= 15 is 0 Å². The van der Waals surface area contributed by atoms with Gasteiger partial charge in [0.2, 0.25) is 0 Å². The average Bonchev–Trinajstić information content (AvgIpc) is 2.29. The van der Waals surface area contributed by atoms with E-state index in [0.29, 0.717) is 17.6 Å². The number of benzene rings is 1. The van der Waals surface area contributed by atoms with Crippen molar-refractivity contribution in [2.45, 2.75) is 38.2 Å². The van der Waals surface area contributed by atoms with Gasteiger partial charge in [0.1, 0.15) is 17.9 Å². The standard InChI is InChI=1S/C13H15FO2/c14-11-6-10(9-15)7-13(8-11)16-12-4-2-1-3-5-12/h6-9,12H,1-5H2. The van der Waals surface area contributed by atoms with E-state index in [0.717, 1.165) is 12.8 Å². The summed E-state index contributed by atoms with van der Waals surface area (Å²) in [4.78, 5) is 10.6. The van der Waals surface area contributed by atoms with E-state index in [1.54, 1.807) is 6.07 Å². The highest BCUT2D eigenvalue weighted by atomic mass is 19.1. The lowest BCUT2D eigenvalue weighted by Crippen LogP contribution is -2.19. The molecule has 1 aromatic carbocycles. The molecule has 0 aromatic heterocycles. The fraction of sp³-hybridized carbons (Fsp3) is 0.462. The molecular formula is C13H15FO2. The largest absolute Gasteiger partial charge is 0.490 e. The molecule has 1 aliphatic carbocycles. The Balaban J connectivity index is 2.07. The zero-order valence-corrected chi connectivity index (χ0v) is 9.12. The van der Waals surface area contributed by atoms with Crippen molar-refractivity contribution in [3.63, 3.8) is 0 Å². The van der Waals surface area contributed by atoms with Gasteiger partial charge in [-0.2, -0.15) is 0 Å². The van der Waals surface area contributed by atoms with Crippen LogP contribution in [0.4, 0.5) is 4.39 Å². The summed E-state index contributed by atoms with van der Waals surface area (Å²) in [5, 5.41) is 0. The van der Waals surface area contributed by atoms with Gasteiger partial charge in [0.05, 0.1) is 6.10 Å². The summed E-state index contributed by atoms with van der Waals surface area (Å²) in [6, 6.07) is 4.13. The van der Waals surface area contributed by atoms with E-state index < -0.39 is 5.82 Å². The lowest BCUT2D eigenvalue weighted by atomic mass is 9.98. The maximum Gasteiger partial charge on any atom is 0.150 e. The predicted octanol–water partition coefficient (Wildman–Crippen LogP) is 3.35. The lowest BCUT2D eigenvalue weighted by Gasteiger charge is -2.23. The molecule has 3 heteroatoms. The third-order valence-corrected chi connectivity index (χ3v) is 2.88. The number of aldehydes is 1. The molecule has 0 radical (unpaired) electrons.